The molecule has 1 heterocycles. The molecular weight excluding hydrogens is 230 g/mol. The van der Waals surface area contributed by atoms with Crippen molar-refractivity contribution in [1.29, 1.82) is 0 Å². The lowest BCUT2D eigenvalue weighted by molar-refractivity contribution is 0.0697. The van der Waals surface area contributed by atoms with Crippen molar-refractivity contribution in [3.63, 3.8) is 0 Å². The fourth-order valence-corrected chi connectivity index (χ4v) is 2.18. The number of carboxylic acids is 1. The number of hydrogen-bond acceptors (Lipinski definition) is 3. The van der Waals surface area contributed by atoms with Gasteiger partial charge in [0.1, 0.15) is 5.75 Å². The Morgan fingerprint density at radius 3 is 2.72 bits per heavy atom. The minimum atomic E-state index is -0.909. The molecule has 0 bridgehead atoms. The van der Waals surface area contributed by atoms with E-state index in [0.717, 1.165) is 18.7 Å². The summed E-state index contributed by atoms with van der Waals surface area (Å²) < 4.78 is 5.61. The fourth-order valence-electron chi connectivity index (χ4n) is 2.18. The van der Waals surface area contributed by atoms with Gasteiger partial charge in [-0.15, -0.1) is 0 Å². The van der Waals surface area contributed by atoms with E-state index in [2.05, 4.69) is 5.32 Å². The first-order chi connectivity index (χ1) is 8.75. The number of carboxylic acid groups (broad SMARTS) is 1. The van der Waals surface area contributed by atoms with Gasteiger partial charge in [0.25, 0.3) is 0 Å². The summed E-state index contributed by atoms with van der Waals surface area (Å²) in [6.07, 6.45) is 4.79. The third-order valence-corrected chi connectivity index (χ3v) is 3.25. The van der Waals surface area contributed by atoms with Gasteiger partial charge in [-0.1, -0.05) is 6.42 Å². The van der Waals surface area contributed by atoms with E-state index < -0.39 is 5.97 Å². The molecule has 0 spiro atoms. The lowest BCUT2D eigenvalue weighted by Crippen LogP contribution is -2.35. The summed E-state index contributed by atoms with van der Waals surface area (Å²) >= 11 is 0. The molecule has 0 saturated carbocycles. The molecule has 1 aliphatic heterocycles. The second kappa shape index (κ2) is 6.40. The summed E-state index contributed by atoms with van der Waals surface area (Å²) in [6.45, 7) is 1.78. The van der Waals surface area contributed by atoms with Crippen molar-refractivity contribution < 1.29 is 14.6 Å². The van der Waals surface area contributed by atoms with E-state index in [0.29, 0.717) is 12.6 Å². The maximum atomic E-state index is 10.7. The number of aromatic carboxylic acids is 1. The van der Waals surface area contributed by atoms with E-state index in [1.54, 1.807) is 24.3 Å². The number of rotatable bonds is 5. The maximum Gasteiger partial charge on any atom is 0.335 e. The molecule has 0 aliphatic carbocycles. The van der Waals surface area contributed by atoms with Crippen LogP contribution in [0.3, 0.4) is 0 Å². The largest absolute Gasteiger partial charge is 0.494 e. The molecule has 1 aromatic rings. The van der Waals surface area contributed by atoms with Gasteiger partial charge in [-0.05, 0) is 50.1 Å². The Balaban J connectivity index is 1.74. The summed E-state index contributed by atoms with van der Waals surface area (Å²) in [4.78, 5) is 10.7. The second-order valence-electron chi connectivity index (χ2n) is 4.61. The zero-order chi connectivity index (χ0) is 12.8. The van der Waals surface area contributed by atoms with Gasteiger partial charge in [0.15, 0.2) is 0 Å². The Bertz CT molecular complexity index is 383. The van der Waals surface area contributed by atoms with Crippen LogP contribution in [0.4, 0.5) is 0 Å². The molecular formula is C14H19NO3. The van der Waals surface area contributed by atoms with E-state index in [9.17, 15) is 4.79 Å². The molecule has 0 aromatic heterocycles. The van der Waals surface area contributed by atoms with Crippen LogP contribution in [0.5, 0.6) is 5.75 Å². The molecule has 4 nitrogen and oxygen atoms in total. The molecule has 2 N–H and O–H groups in total. The van der Waals surface area contributed by atoms with Crippen molar-refractivity contribution >= 4 is 5.97 Å². The maximum absolute atomic E-state index is 10.7. The lowest BCUT2D eigenvalue weighted by Gasteiger charge is -2.23. The molecule has 2 rings (SSSR count). The van der Waals surface area contributed by atoms with Gasteiger partial charge in [0.05, 0.1) is 12.2 Å². The topological polar surface area (TPSA) is 58.6 Å². The lowest BCUT2D eigenvalue weighted by atomic mass is 10.0. The first-order valence-corrected chi connectivity index (χ1v) is 6.45. The third-order valence-electron chi connectivity index (χ3n) is 3.25. The minimum Gasteiger partial charge on any atom is -0.494 e. The predicted molar refractivity (Wildman–Crippen MR) is 69.2 cm³/mol. The van der Waals surface area contributed by atoms with Crippen LogP contribution in [0.15, 0.2) is 24.3 Å². The molecule has 0 radical (unpaired) electrons. The fraction of sp³-hybridized carbons (Fsp3) is 0.500. The number of benzene rings is 1. The Morgan fingerprint density at radius 2 is 2.11 bits per heavy atom. The first-order valence-electron chi connectivity index (χ1n) is 6.45. The highest BCUT2D eigenvalue weighted by Crippen LogP contribution is 2.14. The first kappa shape index (κ1) is 12.9. The minimum absolute atomic E-state index is 0.288. The SMILES string of the molecule is O=C(O)c1ccc(OCC[C@@H]2CCCCN2)cc1. The average molecular weight is 249 g/mol. The molecule has 0 unspecified atom stereocenters. The van der Waals surface area contributed by atoms with Gasteiger partial charge in [0.2, 0.25) is 0 Å². The van der Waals surface area contributed by atoms with E-state index in [4.69, 9.17) is 9.84 Å². The molecule has 0 amide bonds. The summed E-state index contributed by atoms with van der Waals surface area (Å²) in [5.41, 5.74) is 0.288. The van der Waals surface area contributed by atoms with E-state index in [-0.39, 0.29) is 5.56 Å². The summed E-state index contributed by atoms with van der Waals surface area (Å²) in [7, 11) is 0. The van der Waals surface area contributed by atoms with Gasteiger partial charge in [-0.2, -0.15) is 0 Å². The van der Waals surface area contributed by atoms with Crippen LogP contribution in [0.1, 0.15) is 36.0 Å². The van der Waals surface area contributed by atoms with Gasteiger partial charge in [0, 0.05) is 6.04 Å². The quantitative estimate of drug-likeness (QED) is 0.840. The zero-order valence-corrected chi connectivity index (χ0v) is 10.4. The van der Waals surface area contributed by atoms with Crippen molar-refractivity contribution in [3.8, 4) is 5.75 Å². The van der Waals surface area contributed by atoms with E-state index in [1.807, 2.05) is 0 Å². The van der Waals surface area contributed by atoms with Crippen LogP contribution in [-0.4, -0.2) is 30.3 Å². The number of nitrogens with one attached hydrogen (secondary N) is 1. The monoisotopic (exact) mass is 249 g/mol. The Kier molecular flexibility index (Phi) is 4.59. The molecule has 1 aliphatic rings. The van der Waals surface area contributed by atoms with E-state index >= 15 is 0 Å². The smallest absolute Gasteiger partial charge is 0.335 e. The van der Waals surface area contributed by atoms with Crippen LogP contribution in [0.25, 0.3) is 0 Å². The van der Waals surface area contributed by atoms with E-state index in [1.165, 1.54) is 19.3 Å². The van der Waals surface area contributed by atoms with Crippen LogP contribution in [0, 0.1) is 0 Å². The van der Waals surface area contributed by atoms with Gasteiger partial charge in [-0.25, -0.2) is 4.79 Å². The highest BCUT2D eigenvalue weighted by atomic mass is 16.5. The highest BCUT2D eigenvalue weighted by molar-refractivity contribution is 5.87. The predicted octanol–water partition coefficient (Wildman–Crippen LogP) is 2.30. The molecule has 18 heavy (non-hydrogen) atoms. The highest BCUT2D eigenvalue weighted by Gasteiger charge is 2.12. The standard InChI is InChI=1S/C14H19NO3/c16-14(17)11-4-6-13(7-5-11)18-10-8-12-3-1-2-9-15-12/h4-7,12,15H,1-3,8-10H2,(H,16,17)/t12-/m0/s1. The molecule has 1 fully saturated rings. The summed E-state index contributed by atoms with van der Waals surface area (Å²) in [5, 5.41) is 12.2. The second-order valence-corrected chi connectivity index (χ2v) is 4.61. The van der Waals surface area contributed by atoms with Crippen LogP contribution in [-0.2, 0) is 0 Å². The van der Waals surface area contributed by atoms with Crippen molar-refractivity contribution in [2.45, 2.75) is 31.7 Å². The third kappa shape index (κ3) is 3.74. The Hall–Kier alpha value is -1.55. The average Bonchev–Trinajstić information content (AvgIpc) is 2.40. The molecule has 98 valence electrons. The number of piperidine rings is 1. The molecule has 1 saturated heterocycles. The molecule has 1 aromatic carbocycles. The zero-order valence-electron chi connectivity index (χ0n) is 10.4. The van der Waals surface area contributed by atoms with Crippen molar-refractivity contribution in [1.82, 2.24) is 5.32 Å². The number of carbonyl (C=O) groups is 1. The Labute approximate surface area is 107 Å². The molecule has 1 atom stereocenters. The summed E-state index contributed by atoms with van der Waals surface area (Å²) in [6, 6.07) is 7.11. The normalized spacial score (nSPS) is 19.4. The van der Waals surface area contributed by atoms with Gasteiger partial charge >= 0.3 is 5.97 Å². The Morgan fingerprint density at radius 1 is 1.33 bits per heavy atom. The number of hydrogen-bond donors (Lipinski definition) is 2. The van der Waals surface area contributed by atoms with Crippen molar-refractivity contribution in [2.24, 2.45) is 0 Å². The van der Waals surface area contributed by atoms with Crippen LogP contribution in [0.2, 0.25) is 0 Å². The number of ether oxygens (including phenoxy) is 1. The van der Waals surface area contributed by atoms with Crippen molar-refractivity contribution in [2.75, 3.05) is 13.2 Å². The molecule has 4 heteroatoms. The van der Waals surface area contributed by atoms with Crippen molar-refractivity contribution in [3.05, 3.63) is 29.8 Å². The van der Waals surface area contributed by atoms with Crippen LogP contribution >= 0.6 is 0 Å². The van der Waals surface area contributed by atoms with Crippen LogP contribution < -0.4 is 10.1 Å². The van der Waals surface area contributed by atoms with Gasteiger partial charge in [-0.3, -0.25) is 0 Å². The summed E-state index contributed by atoms with van der Waals surface area (Å²) in [5.74, 6) is -0.177. The van der Waals surface area contributed by atoms with Gasteiger partial charge < -0.3 is 15.2 Å².